The number of nitro benzene ring substituents is 1. The SMILES string of the molecule is CC1(C)[C@H](CN)[C@H]1c1ccccc1[N+](=O)[O-]. The van der Waals surface area contributed by atoms with Crippen LogP contribution in [0.3, 0.4) is 0 Å². The molecule has 1 saturated carbocycles. The lowest BCUT2D eigenvalue weighted by molar-refractivity contribution is -0.385. The lowest BCUT2D eigenvalue weighted by Crippen LogP contribution is -2.05. The van der Waals surface area contributed by atoms with E-state index in [4.69, 9.17) is 5.73 Å². The quantitative estimate of drug-likeness (QED) is 0.627. The smallest absolute Gasteiger partial charge is 0.272 e. The number of nitro groups is 1. The van der Waals surface area contributed by atoms with Crippen molar-refractivity contribution in [1.82, 2.24) is 0 Å². The van der Waals surface area contributed by atoms with Gasteiger partial charge < -0.3 is 5.73 Å². The highest BCUT2D eigenvalue weighted by Crippen LogP contribution is 2.65. The second kappa shape index (κ2) is 3.56. The van der Waals surface area contributed by atoms with Gasteiger partial charge >= 0.3 is 0 Å². The predicted molar refractivity (Wildman–Crippen MR) is 62.2 cm³/mol. The standard InChI is InChI=1S/C12H16N2O2/c1-12(2)9(7-13)11(12)8-5-3-4-6-10(8)14(15)16/h3-6,9,11H,7,13H2,1-2H3/t9-,11-/m1/s1. The van der Waals surface area contributed by atoms with E-state index in [2.05, 4.69) is 13.8 Å². The fourth-order valence-electron chi connectivity index (χ4n) is 2.72. The van der Waals surface area contributed by atoms with Gasteiger partial charge in [-0.1, -0.05) is 32.0 Å². The summed E-state index contributed by atoms with van der Waals surface area (Å²) in [5, 5.41) is 10.9. The maximum Gasteiger partial charge on any atom is 0.272 e. The lowest BCUT2D eigenvalue weighted by Gasteiger charge is -2.03. The lowest BCUT2D eigenvalue weighted by atomic mass is 10.0. The molecule has 1 fully saturated rings. The molecule has 1 aromatic carbocycles. The third-order valence-electron chi connectivity index (χ3n) is 3.77. The molecule has 2 atom stereocenters. The summed E-state index contributed by atoms with van der Waals surface area (Å²) in [6, 6.07) is 6.97. The number of nitrogens with two attached hydrogens (primary N) is 1. The number of rotatable bonds is 3. The van der Waals surface area contributed by atoms with Gasteiger partial charge in [0, 0.05) is 17.5 Å². The Labute approximate surface area is 94.6 Å². The summed E-state index contributed by atoms with van der Waals surface area (Å²) in [7, 11) is 0. The number of hydrogen-bond acceptors (Lipinski definition) is 3. The van der Waals surface area contributed by atoms with Crippen LogP contribution in [0.1, 0.15) is 25.3 Å². The van der Waals surface area contributed by atoms with Crippen LogP contribution in [0.5, 0.6) is 0 Å². The first-order valence-electron chi connectivity index (χ1n) is 5.43. The van der Waals surface area contributed by atoms with Gasteiger partial charge in [-0.2, -0.15) is 0 Å². The van der Waals surface area contributed by atoms with Crippen molar-refractivity contribution in [1.29, 1.82) is 0 Å². The van der Waals surface area contributed by atoms with Gasteiger partial charge in [-0.05, 0) is 17.9 Å². The zero-order chi connectivity index (χ0) is 11.9. The van der Waals surface area contributed by atoms with Gasteiger partial charge in [-0.25, -0.2) is 0 Å². The van der Waals surface area contributed by atoms with E-state index >= 15 is 0 Å². The molecule has 86 valence electrons. The van der Waals surface area contributed by atoms with E-state index in [-0.39, 0.29) is 21.9 Å². The van der Waals surface area contributed by atoms with Crippen molar-refractivity contribution in [2.75, 3.05) is 6.54 Å². The first-order chi connectivity index (χ1) is 7.50. The van der Waals surface area contributed by atoms with Crippen LogP contribution >= 0.6 is 0 Å². The molecule has 16 heavy (non-hydrogen) atoms. The van der Waals surface area contributed by atoms with Gasteiger partial charge in [0.15, 0.2) is 0 Å². The summed E-state index contributed by atoms with van der Waals surface area (Å²) in [6.45, 7) is 4.82. The summed E-state index contributed by atoms with van der Waals surface area (Å²) in [5.41, 5.74) is 6.82. The van der Waals surface area contributed by atoms with Crippen molar-refractivity contribution in [2.45, 2.75) is 19.8 Å². The Bertz CT molecular complexity index is 429. The van der Waals surface area contributed by atoms with Crippen LogP contribution in [-0.2, 0) is 0 Å². The molecule has 0 heterocycles. The largest absolute Gasteiger partial charge is 0.330 e. The number of para-hydroxylation sites is 1. The Morgan fingerprint density at radius 1 is 1.44 bits per heavy atom. The maximum atomic E-state index is 10.9. The normalized spacial score (nSPS) is 26.4. The highest BCUT2D eigenvalue weighted by Gasteiger charge is 2.58. The van der Waals surface area contributed by atoms with Crippen LogP contribution in [-0.4, -0.2) is 11.5 Å². The number of hydrogen-bond donors (Lipinski definition) is 1. The van der Waals surface area contributed by atoms with Gasteiger partial charge in [0.1, 0.15) is 0 Å². The van der Waals surface area contributed by atoms with Crippen molar-refractivity contribution < 1.29 is 4.92 Å². The third-order valence-corrected chi connectivity index (χ3v) is 3.77. The molecule has 2 N–H and O–H groups in total. The first-order valence-corrected chi connectivity index (χ1v) is 5.43. The average Bonchev–Trinajstić information content (AvgIpc) is 2.80. The van der Waals surface area contributed by atoms with Gasteiger partial charge in [0.05, 0.1) is 4.92 Å². The van der Waals surface area contributed by atoms with Crippen LogP contribution < -0.4 is 5.73 Å². The summed E-state index contributed by atoms with van der Waals surface area (Å²) >= 11 is 0. The van der Waals surface area contributed by atoms with E-state index in [1.54, 1.807) is 12.1 Å². The Balaban J connectivity index is 2.40. The second-order valence-electron chi connectivity index (χ2n) is 4.96. The molecule has 0 bridgehead atoms. The predicted octanol–water partition coefficient (Wildman–Crippen LogP) is 2.29. The van der Waals surface area contributed by atoms with Gasteiger partial charge in [-0.15, -0.1) is 0 Å². The summed E-state index contributed by atoms with van der Waals surface area (Å²) in [5.74, 6) is 0.577. The maximum absolute atomic E-state index is 10.9. The molecule has 4 heteroatoms. The zero-order valence-electron chi connectivity index (χ0n) is 9.51. The van der Waals surface area contributed by atoms with Gasteiger partial charge in [0.2, 0.25) is 0 Å². The van der Waals surface area contributed by atoms with E-state index < -0.39 is 0 Å². The Morgan fingerprint density at radius 2 is 2.06 bits per heavy atom. The Hall–Kier alpha value is -1.42. The summed E-state index contributed by atoms with van der Waals surface area (Å²) < 4.78 is 0. The van der Waals surface area contributed by atoms with E-state index in [9.17, 15) is 10.1 Å². The minimum Gasteiger partial charge on any atom is -0.330 e. The summed E-state index contributed by atoms with van der Waals surface area (Å²) in [4.78, 5) is 10.6. The number of benzene rings is 1. The van der Waals surface area contributed by atoms with Crippen molar-refractivity contribution >= 4 is 5.69 Å². The Morgan fingerprint density at radius 3 is 2.56 bits per heavy atom. The molecular formula is C12H16N2O2. The van der Waals surface area contributed by atoms with E-state index in [0.29, 0.717) is 12.5 Å². The van der Waals surface area contributed by atoms with Crippen LogP contribution in [0.2, 0.25) is 0 Å². The molecule has 0 amide bonds. The van der Waals surface area contributed by atoms with Gasteiger partial charge in [0.25, 0.3) is 5.69 Å². The molecule has 2 rings (SSSR count). The molecule has 0 saturated heterocycles. The highest BCUT2D eigenvalue weighted by atomic mass is 16.6. The van der Waals surface area contributed by atoms with E-state index in [1.165, 1.54) is 0 Å². The molecule has 0 aliphatic heterocycles. The minimum atomic E-state index is -0.308. The van der Waals surface area contributed by atoms with Crippen molar-refractivity contribution in [3.8, 4) is 0 Å². The molecule has 1 aliphatic carbocycles. The van der Waals surface area contributed by atoms with Crippen molar-refractivity contribution in [3.63, 3.8) is 0 Å². The molecule has 0 spiro atoms. The monoisotopic (exact) mass is 220 g/mol. The van der Waals surface area contributed by atoms with Crippen LogP contribution in [0, 0.1) is 21.4 Å². The molecule has 0 aromatic heterocycles. The third kappa shape index (κ3) is 1.50. The topological polar surface area (TPSA) is 69.2 Å². The number of nitrogens with zero attached hydrogens (tertiary/aromatic N) is 1. The molecule has 1 aromatic rings. The van der Waals surface area contributed by atoms with Crippen LogP contribution in [0.25, 0.3) is 0 Å². The Kier molecular flexibility index (Phi) is 2.46. The molecule has 1 aliphatic rings. The molecule has 0 unspecified atom stereocenters. The molecular weight excluding hydrogens is 204 g/mol. The first kappa shape index (κ1) is 11.1. The van der Waals surface area contributed by atoms with Gasteiger partial charge in [-0.3, -0.25) is 10.1 Å². The van der Waals surface area contributed by atoms with Crippen LogP contribution in [0.4, 0.5) is 5.69 Å². The van der Waals surface area contributed by atoms with Crippen molar-refractivity contribution in [2.24, 2.45) is 17.1 Å². The van der Waals surface area contributed by atoms with Crippen molar-refractivity contribution in [3.05, 3.63) is 39.9 Å². The van der Waals surface area contributed by atoms with Crippen LogP contribution in [0.15, 0.2) is 24.3 Å². The average molecular weight is 220 g/mol. The second-order valence-corrected chi connectivity index (χ2v) is 4.96. The molecule has 4 nitrogen and oxygen atoms in total. The summed E-state index contributed by atoms with van der Waals surface area (Å²) in [6.07, 6.45) is 0. The minimum absolute atomic E-state index is 0.0842. The zero-order valence-corrected chi connectivity index (χ0v) is 9.51. The fraction of sp³-hybridized carbons (Fsp3) is 0.500. The van der Waals surface area contributed by atoms with E-state index in [1.807, 2.05) is 12.1 Å². The fourth-order valence-corrected chi connectivity index (χ4v) is 2.72. The highest BCUT2D eigenvalue weighted by molar-refractivity contribution is 5.47. The molecule has 0 radical (unpaired) electrons. The van der Waals surface area contributed by atoms with E-state index in [0.717, 1.165) is 5.56 Å².